The third-order valence-corrected chi connectivity index (χ3v) is 3.85. The van der Waals surface area contributed by atoms with Crippen LogP contribution in [0.1, 0.15) is 13.3 Å². The molecule has 2 saturated heterocycles. The molecule has 108 valence electrons. The standard InChI is InChI=1S/C13H23N3O3/c1-10-3-8-19-12(10)13(18)15(2)9-11(17)16-6-4-14-5-7-16/h10,12,14H,3-9H2,1-2H3. The van der Waals surface area contributed by atoms with E-state index in [1.165, 1.54) is 4.90 Å². The Morgan fingerprint density at radius 1 is 1.37 bits per heavy atom. The second kappa shape index (κ2) is 6.34. The smallest absolute Gasteiger partial charge is 0.252 e. The molecule has 6 nitrogen and oxygen atoms in total. The maximum atomic E-state index is 12.2. The highest BCUT2D eigenvalue weighted by atomic mass is 16.5. The second-order valence-corrected chi connectivity index (χ2v) is 5.38. The van der Waals surface area contributed by atoms with E-state index in [-0.39, 0.29) is 30.4 Å². The van der Waals surface area contributed by atoms with Gasteiger partial charge in [0, 0.05) is 39.8 Å². The zero-order chi connectivity index (χ0) is 13.8. The van der Waals surface area contributed by atoms with E-state index in [1.807, 2.05) is 6.92 Å². The summed E-state index contributed by atoms with van der Waals surface area (Å²) < 4.78 is 5.45. The van der Waals surface area contributed by atoms with Gasteiger partial charge in [0.2, 0.25) is 5.91 Å². The molecule has 2 fully saturated rings. The van der Waals surface area contributed by atoms with Crippen molar-refractivity contribution in [2.45, 2.75) is 19.4 Å². The predicted octanol–water partition coefficient (Wildman–Crippen LogP) is -0.698. The molecular weight excluding hydrogens is 246 g/mol. The van der Waals surface area contributed by atoms with Crippen LogP contribution in [0.15, 0.2) is 0 Å². The van der Waals surface area contributed by atoms with Crippen molar-refractivity contribution in [3.05, 3.63) is 0 Å². The van der Waals surface area contributed by atoms with Gasteiger partial charge in [-0.2, -0.15) is 0 Å². The summed E-state index contributed by atoms with van der Waals surface area (Å²) in [6, 6.07) is 0. The van der Waals surface area contributed by atoms with Crippen LogP contribution in [0.3, 0.4) is 0 Å². The Morgan fingerprint density at radius 2 is 2.05 bits per heavy atom. The third kappa shape index (κ3) is 3.45. The number of likely N-dealkylation sites (N-methyl/N-ethyl adjacent to an activating group) is 1. The highest BCUT2D eigenvalue weighted by molar-refractivity contribution is 5.87. The normalized spacial score (nSPS) is 27.4. The molecule has 0 spiro atoms. The number of ether oxygens (including phenoxy) is 1. The van der Waals surface area contributed by atoms with Crippen molar-refractivity contribution in [1.29, 1.82) is 0 Å². The molecular formula is C13H23N3O3. The number of nitrogens with zero attached hydrogens (tertiary/aromatic N) is 2. The fourth-order valence-corrected chi connectivity index (χ4v) is 2.52. The first-order chi connectivity index (χ1) is 9.09. The molecule has 0 aromatic rings. The molecule has 0 aliphatic carbocycles. The van der Waals surface area contributed by atoms with Crippen molar-refractivity contribution >= 4 is 11.8 Å². The molecule has 2 atom stereocenters. The van der Waals surface area contributed by atoms with E-state index < -0.39 is 0 Å². The second-order valence-electron chi connectivity index (χ2n) is 5.38. The largest absolute Gasteiger partial charge is 0.368 e. The summed E-state index contributed by atoms with van der Waals surface area (Å²) in [5.41, 5.74) is 0. The van der Waals surface area contributed by atoms with E-state index in [1.54, 1.807) is 11.9 Å². The fraction of sp³-hybridized carbons (Fsp3) is 0.846. The van der Waals surface area contributed by atoms with E-state index >= 15 is 0 Å². The van der Waals surface area contributed by atoms with E-state index in [9.17, 15) is 9.59 Å². The van der Waals surface area contributed by atoms with Crippen LogP contribution >= 0.6 is 0 Å². The summed E-state index contributed by atoms with van der Waals surface area (Å²) in [6.45, 7) is 5.89. The minimum atomic E-state index is -0.374. The molecule has 19 heavy (non-hydrogen) atoms. The van der Waals surface area contributed by atoms with E-state index in [0.717, 1.165) is 32.6 Å². The Labute approximate surface area is 114 Å². The Balaban J connectivity index is 1.84. The molecule has 1 N–H and O–H groups in total. The number of hydrogen-bond donors (Lipinski definition) is 1. The van der Waals surface area contributed by atoms with Crippen LogP contribution in [0.4, 0.5) is 0 Å². The van der Waals surface area contributed by atoms with Gasteiger partial charge in [-0.1, -0.05) is 6.92 Å². The van der Waals surface area contributed by atoms with Crippen LogP contribution in [-0.4, -0.2) is 74.1 Å². The lowest BCUT2D eigenvalue weighted by Gasteiger charge is -2.30. The highest BCUT2D eigenvalue weighted by Gasteiger charge is 2.33. The minimum Gasteiger partial charge on any atom is -0.368 e. The van der Waals surface area contributed by atoms with Gasteiger partial charge in [0.1, 0.15) is 6.10 Å². The lowest BCUT2D eigenvalue weighted by atomic mass is 10.0. The van der Waals surface area contributed by atoms with Gasteiger partial charge in [0.25, 0.3) is 5.91 Å². The first-order valence-corrected chi connectivity index (χ1v) is 6.94. The van der Waals surface area contributed by atoms with Gasteiger partial charge in [0.05, 0.1) is 6.54 Å². The van der Waals surface area contributed by atoms with Crippen LogP contribution in [0.25, 0.3) is 0 Å². The maximum Gasteiger partial charge on any atom is 0.252 e. The van der Waals surface area contributed by atoms with Crippen LogP contribution in [0.5, 0.6) is 0 Å². The van der Waals surface area contributed by atoms with Crippen LogP contribution in [0, 0.1) is 5.92 Å². The summed E-state index contributed by atoms with van der Waals surface area (Å²) in [4.78, 5) is 27.6. The molecule has 2 unspecified atom stereocenters. The Kier molecular flexibility index (Phi) is 4.76. The zero-order valence-electron chi connectivity index (χ0n) is 11.7. The van der Waals surface area contributed by atoms with Gasteiger partial charge >= 0.3 is 0 Å². The van der Waals surface area contributed by atoms with Crippen LogP contribution in [0.2, 0.25) is 0 Å². The Morgan fingerprint density at radius 3 is 2.63 bits per heavy atom. The zero-order valence-corrected chi connectivity index (χ0v) is 11.7. The van der Waals surface area contributed by atoms with Gasteiger partial charge < -0.3 is 19.9 Å². The molecule has 2 aliphatic rings. The average Bonchev–Trinajstić information content (AvgIpc) is 2.85. The molecule has 0 aromatic carbocycles. The molecule has 0 aromatic heterocycles. The van der Waals surface area contributed by atoms with E-state index in [0.29, 0.717) is 6.61 Å². The number of rotatable bonds is 3. The molecule has 0 radical (unpaired) electrons. The van der Waals surface area contributed by atoms with Gasteiger partial charge in [0.15, 0.2) is 0 Å². The number of nitrogens with one attached hydrogen (secondary N) is 1. The van der Waals surface area contributed by atoms with Crippen molar-refractivity contribution in [3.8, 4) is 0 Å². The topological polar surface area (TPSA) is 61.9 Å². The van der Waals surface area contributed by atoms with Crippen molar-refractivity contribution in [3.63, 3.8) is 0 Å². The van der Waals surface area contributed by atoms with Crippen LogP contribution < -0.4 is 5.32 Å². The van der Waals surface area contributed by atoms with Gasteiger partial charge in [-0.15, -0.1) is 0 Å². The van der Waals surface area contributed by atoms with Crippen molar-refractivity contribution in [1.82, 2.24) is 15.1 Å². The lowest BCUT2D eigenvalue weighted by Crippen LogP contribution is -2.51. The molecule has 0 saturated carbocycles. The van der Waals surface area contributed by atoms with Crippen LogP contribution in [-0.2, 0) is 14.3 Å². The van der Waals surface area contributed by atoms with Gasteiger partial charge in [-0.05, 0) is 12.3 Å². The van der Waals surface area contributed by atoms with E-state index in [4.69, 9.17) is 4.74 Å². The van der Waals surface area contributed by atoms with Gasteiger partial charge in [-0.3, -0.25) is 9.59 Å². The Hall–Kier alpha value is -1.14. The van der Waals surface area contributed by atoms with Crippen molar-refractivity contribution in [2.75, 3.05) is 46.4 Å². The van der Waals surface area contributed by atoms with Crippen molar-refractivity contribution < 1.29 is 14.3 Å². The maximum absolute atomic E-state index is 12.2. The summed E-state index contributed by atoms with van der Waals surface area (Å²) in [7, 11) is 1.68. The average molecular weight is 269 g/mol. The Bertz CT molecular complexity index is 342. The number of carbonyl (C=O) groups excluding carboxylic acids is 2. The summed E-state index contributed by atoms with van der Waals surface area (Å²) in [5.74, 6) is 0.181. The molecule has 2 aliphatic heterocycles. The minimum absolute atomic E-state index is 0.0167. The number of hydrogen-bond acceptors (Lipinski definition) is 4. The fourth-order valence-electron chi connectivity index (χ4n) is 2.52. The molecule has 2 amide bonds. The van der Waals surface area contributed by atoms with E-state index in [2.05, 4.69) is 5.32 Å². The number of piperazine rings is 1. The monoisotopic (exact) mass is 269 g/mol. The number of amides is 2. The van der Waals surface area contributed by atoms with Crippen molar-refractivity contribution in [2.24, 2.45) is 5.92 Å². The molecule has 0 bridgehead atoms. The molecule has 2 heterocycles. The number of carbonyl (C=O) groups is 2. The third-order valence-electron chi connectivity index (χ3n) is 3.85. The quantitative estimate of drug-likeness (QED) is 0.736. The summed E-state index contributed by atoms with van der Waals surface area (Å²) in [5, 5.41) is 3.20. The predicted molar refractivity (Wildman–Crippen MR) is 70.6 cm³/mol. The first-order valence-electron chi connectivity index (χ1n) is 6.94. The van der Waals surface area contributed by atoms with Gasteiger partial charge in [-0.25, -0.2) is 0 Å². The molecule has 2 rings (SSSR count). The molecule has 6 heteroatoms. The lowest BCUT2D eigenvalue weighted by molar-refractivity contribution is -0.146. The summed E-state index contributed by atoms with van der Waals surface area (Å²) >= 11 is 0. The highest BCUT2D eigenvalue weighted by Crippen LogP contribution is 2.21. The summed E-state index contributed by atoms with van der Waals surface area (Å²) in [6.07, 6.45) is 0.538. The first kappa shape index (κ1) is 14.3. The SMILES string of the molecule is CC1CCOC1C(=O)N(C)CC(=O)N1CCNCC1.